The minimum atomic E-state index is -3.34. The number of sulfonamides is 1. The number of nitrogens with zero attached hydrogens (tertiary/aromatic N) is 1. The molecule has 0 aromatic rings. The van der Waals surface area contributed by atoms with E-state index in [4.69, 9.17) is 4.74 Å². The van der Waals surface area contributed by atoms with Gasteiger partial charge in [-0.25, -0.2) is 8.42 Å². The van der Waals surface area contributed by atoms with Crippen molar-refractivity contribution in [1.29, 1.82) is 0 Å². The van der Waals surface area contributed by atoms with Crippen molar-refractivity contribution >= 4 is 15.9 Å². The summed E-state index contributed by atoms with van der Waals surface area (Å²) in [6.45, 7) is 5.28. The van der Waals surface area contributed by atoms with Gasteiger partial charge < -0.3 is 15.4 Å². The number of amides is 1. The van der Waals surface area contributed by atoms with Gasteiger partial charge in [0.15, 0.2) is 0 Å². The molecular weight excluding hydrogens is 330 g/mol. The van der Waals surface area contributed by atoms with Crippen molar-refractivity contribution in [3.8, 4) is 0 Å². The zero-order valence-corrected chi connectivity index (χ0v) is 15.7. The molecular formula is C16H31N3O4S. The van der Waals surface area contributed by atoms with Crippen LogP contribution in [0.4, 0.5) is 0 Å². The van der Waals surface area contributed by atoms with E-state index >= 15 is 0 Å². The highest BCUT2D eigenvalue weighted by Gasteiger charge is 2.39. The number of nitrogens with one attached hydrogen (secondary N) is 2. The third kappa shape index (κ3) is 4.68. The van der Waals surface area contributed by atoms with Gasteiger partial charge in [0.2, 0.25) is 15.9 Å². The van der Waals surface area contributed by atoms with Crippen LogP contribution < -0.4 is 10.6 Å². The minimum Gasteiger partial charge on any atom is -0.384 e. The first-order chi connectivity index (χ1) is 11.4. The predicted octanol–water partition coefficient (Wildman–Crippen LogP) is 0.323. The molecule has 0 spiro atoms. The second-order valence-corrected chi connectivity index (χ2v) is 9.03. The fraction of sp³-hybridized carbons (Fsp3) is 0.938. The summed E-state index contributed by atoms with van der Waals surface area (Å²) in [5, 5.41) is 6.34. The first kappa shape index (κ1) is 19.6. The quantitative estimate of drug-likeness (QED) is 0.650. The summed E-state index contributed by atoms with van der Waals surface area (Å²) in [5.74, 6) is -0.0584. The lowest BCUT2D eigenvalue weighted by molar-refractivity contribution is -0.125. The largest absolute Gasteiger partial charge is 0.384 e. The lowest BCUT2D eigenvalue weighted by atomic mass is 9.79. The van der Waals surface area contributed by atoms with Gasteiger partial charge in [0.25, 0.3) is 0 Å². The summed E-state index contributed by atoms with van der Waals surface area (Å²) in [7, 11) is -1.65. The van der Waals surface area contributed by atoms with Crippen LogP contribution in [0, 0.1) is 5.41 Å². The molecule has 2 heterocycles. The molecule has 2 aliphatic rings. The molecule has 2 N–H and O–H groups in total. The van der Waals surface area contributed by atoms with Crippen molar-refractivity contribution in [1.82, 2.24) is 14.9 Å². The van der Waals surface area contributed by atoms with Gasteiger partial charge >= 0.3 is 0 Å². The van der Waals surface area contributed by atoms with Gasteiger partial charge in [-0.2, -0.15) is 4.31 Å². The van der Waals surface area contributed by atoms with E-state index in [0.717, 1.165) is 32.4 Å². The standard InChI is InChI=1S/C16H31N3O4S/c1-3-11-24(21,22)19-10-4-5-14(19)15(20)18-12-16(13-23-2)6-8-17-9-7-16/h14,17H,3-13H2,1-2H3,(H,18,20). The maximum absolute atomic E-state index is 12.6. The Labute approximate surface area is 145 Å². The van der Waals surface area contributed by atoms with Gasteiger partial charge in [0.05, 0.1) is 12.4 Å². The number of carbonyl (C=O) groups excluding carboxylic acids is 1. The molecule has 0 radical (unpaired) electrons. The van der Waals surface area contributed by atoms with E-state index in [0.29, 0.717) is 32.5 Å². The summed E-state index contributed by atoms with van der Waals surface area (Å²) in [4.78, 5) is 12.6. The Morgan fingerprint density at radius 2 is 2.08 bits per heavy atom. The van der Waals surface area contributed by atoms with Gasteiger partial charge in [-0.3, -0.25) is 4.79 Å². The summed E-state index contributed by atoms with van der Waals surface area (Å²) in [5.41, 5.74) is -0.0542. The van der Waals surface area contributed by atoms with E-state index in [9.17, 15) is 13.2 Å². The van der Waals surface area contributed by atoms with E-state index < -0.39 is 16.1 Å². The van der Waals surface area contributed by atoms with Crippen LogP contribution in [-0.2, 0) is 19.6 Å². The third-order valence-electron chi connectivity index (χ3n) is 5.08. The van der Waals surface area contributed by atoms with Crippen molar-refractivity contribution in [2.24, 2.45) is 5.41 Å². The number of hydrogen-bond donors (Lipinski definition) is 2. The van der Waals surface area contributed by atoms with Crippen LogP contribution in [0.3, 0.4) is 0 Å². The van der Waals surface area contributed by atoms with Crippen LogP contribution in [0.25, 0.3) is 0 Å². The smallest absolute Gasteiger partial charge is 0.238 e. The molecule has 1 unspecified atom stereocenters. The molecule has 24 heavy (non-hydrogen) atoms. The molecule has 140 valence electrons. The third-order valence-corrected chi connectivity index (χ3v) is 7.15. The molecule has 2 rings (SSSR count). The lowest BCUT2D eigenvalue weighted by Gasteiger charge is -2.37. The van der Waals surface area contributed by atoms with E-state index in [-0.39, 0.29) is 17.1 Å². The highest BCUT2D eigenvalue weighted by molar-refractivity contribution is 7.89. The summed E-state index contributed by atoms with van der Waals surface area (Å²) < 4.78 is 31.4. The Bertz CT molecular complexity index is 512. The molecule has 1 amide bonds. The molecule has 2 saturated heterocycles. The number of ether oxygens (including phenoxy) is 1. The van der Waals surface area contributed by atoms with Crippen molar-refractivity contribution in [2.75, 3.05) is 45.6 Å². The van der Waals surface area contributed by atoms with E-state index in [1.165, 1.54) is 4.31 Å². The molecule has 8 heteroatoms. The highest BCUT2D eigenvalue weighted by atomic mass is 32.2. The normalized spacial score (nSPS) is 24.8. The van der Waals surface area contributed by atoms with Crippen molar-refractivity contribution in [2.45, 2.75) is 45.1 Å². The SMILES string of the molecule is CCCS(=O)(=O)N1CCCC1C(=O)NCC1(COC)CCNCC1. The van der Waals surface area contributed by atoms with Crippen LogP contribution in [-0.4, -0.2) is 70.3 Å². The first-order valence-corrected chi connectivity index (χ1v) is 10.5. The molecule has 0 aliphatic carbocycles. The fourth-order valence-electron chi connectivity index (χ4n) is 3.74. The van der Waals surface area contributed by atoms with Gasteiger partial charge in [-0.05, 0) is 45.2 Å². The van der Waals surface area contributed by atoms with Crippen molar-refractivity contribution < 1.29 is 17.9 Å². The molecule has 7 nitrogen and oxygen atoms in total. The second-order valence-electron chi connectivity index (χ2n) is 6.99. The molecule has 2 fully saturated rings. The number of piperidine rings is 1. The van der Waals surface area contributed by atoms with Crippen LogP contribution in [0.5, 0.6) is 0 Å². The molecule has 0 aromatic heterocycles. The molecule has 0 bridgehead atoms. The van der Waals surface area contributed by atoms with Crippen LogP contribution in [0.2, 0.25) is 0 Å². The highest BCUT2D eigenvalue weighted by Crippen LogP contribution is 2.29. The van der Waals surface area contributed by atoms with Crippen LogP contribution in [0.15, 0.2) is 0 Å². The minimum absolute atomic E-state index is 0.0542. The van der Waals surface area contributed by atoms with Crippen LogP contribution >= 0.6 is 0 Å². The Hall–Kier alpha value is -0.700. The van der Waals surface area contributed by atoms with E-state index in [2.05, 4.69) is 10.6 Å². The number of carbonyl (C=O) groups is 1. The van der Waals surface area contributed by atoms with E-state index in [1.807, 2.05) is 6.92 Å². The summed E-state index contributed by atoms with van der Waals surface area (Å²) in [6.07, 6.45) is 3.81. The lowest BCUT2D eigenvalue weighted by Crippen LogP contribution is -2.51. The number of hydrogen-bond acceptors (Lipinski definition) is 5. The Morgan fingerprint density at radius 3 is 2.71 bits per heavy atom. The fourth-order valence-corrected chi connectivity index (χ4v) is 5.48. The number of rotatable bonds is 8. The zero-order valence-electron chi connectivity index (χ0n) is 14.8. The number of methoxy groups -OCH3 is 1. The predicted molar refractivity (Wildman–Crippen MR) is 93.2 cm³/mol. The second kappa shape index (κ2) is 8.60. The van der Waals surface area contributed by atoms with Crippen LogP contribution in [0.1, 0.15) is 39.0 Å². The molecule has 0 aromatic carbocycles. The van der Waals surface area contributed by atoms with Gasteiger partial charge in [0.1, 0.15) is 6.04 Å². The Kier molecular flexibility index (Phi) is 7.03. The molecule has 1 atom stereocenters. The van der Waals surface area contributed by atoms with Gasteiger partial charge in [-0.1, -0.05) is 6.92 Å². The van der Waals surface area contributed by atoms with Crippen molar-refractivity contribution in [3.05, 3.63) is 0 Å². The van der Waals surface area contributed by atoms with Crippen molar-refractivity contribution in [3.63, 3.8) is 0 Å². The molecule has 0 saturated carbocycles. The zero-order chi connectivity index (χ0) is 17.6. The Balaban J connectivity index is 1.97. The van der Waals surface area contributed by atoms with E-state index in [1.54, 1.807) is 7.11 Å². The summed E-state index contributed by atoms with van der Waals surface area (Å²) in [6, 6.07) is -0.553. The first-order valence-electron chi connectivity index (χ1n) is 8.91. The van der Waals surface area contributed by atoms with Gasteiger partial charge in [0, 0.05) is 25.6 Å². The summed E-state index contributed by atoms with van der Waals surface area (Å²) >= 11 is 0. The average Bonchev–Trinajstić information content (AvgIpc) is 3.04. The maximum Gasteiger partial charge on any atom is 0.238 e. The topological polar surface area (TPSA) is 87.7 Å². The van der Waals surface area contributed by atoms with Gasteiger partial charge in [-0.15, -0.1) is 0 Å². The average molecular weight is 362 g/mol. The Morgan fingerprint density at radius 1 is 1.38 bits per heavy atom. The molecule has 2 aliphatic heterocycles. The monoisotopic (exact) mass is 361 g/mol. The maximum atomic E-state index is 12.6.